The molecule has 0 saturated carbocycles. The topological polar surface area (TPSA) is 97.6 Å². The average molecular weight is 554 g/mol. The lowest BCUT2D eigenvalue weighted by molar-refractivity contribution is 0.0985. The van der Waals surface area contributed by atoms with Crippen molar-refractivity contribution in [3.8, 4) is 5.75 Å². The summed E-state index contributed by atoms with van der Waals surface area (Å²) in [4.78, 5) is 20.4. The lowest BCUT2D eigenvalue weighted by Crippen LogP contribution is -2.39. The van der Waals surface area contributed by atoms with Crippen LogP contribution >= 0.6 is 11.3 Å². The van der Waals surface area contributed by atoms with Gasteiger partial charge in [0.05, 0.1) is 22.7 Å². The Bertz CT molecular complexity index is 1500. The SMILES string of the molecule is CCOc1cccc2sc(N(CCn3cccn3)C(=O)c3ccc(S(=O)(=O)N4CCCC(C)C4)cc3)nc12. The fourth-order valence-electron chi connectivity index (χ4n) is 4.66. The van der Waals surface area contributed by atoms with Crippen LogP contribution in [-0.4, -0.2) is 59.6 Å². The van der Waals surface area contributed by atoms with Gasteiger partial charge in [0.2, 0.25) is 10.0 Å². The van der Waals surface area contributed by atoms with Crippen LogP contribution in [0, 0.1) is 5.92 Å². The first kappa shape index (κ1) is 26.3. The van der Waals surface area contributed by atoms with Crippen LogP contribution in [0.1, 0.15) is 37.0 Å². The summed E-state index contributed by atoms with van der Waals surface area (Å²) in [6.45, 7) is 6.37. The molecule has 5 rings (SSSR count). The van der Waals surface area contributed by atoms with Gasteiger partial charge in [-0.15, -0.1) is 0 Å². The predicted octanol–water partition coefficient (Wildman–Crippen LogP) is 4.66. The van der Waals surface area contributed by atoms with E-state index >= 15 is 0 Å². The van der Waals surface area contributed by atoms with E-state index in [9.17, 15) is 13.2 Å². The van der Waals surface area contributed by atoms with E-state index in [2.05, 4.69) is 12.0 Å². The second-order valence-corrected chi connectivity index (χ2v) is 12.3. The smallest absolute Gasteiger partial charge is 0.260 e. The number of rotatable bonds is 9. The van der Waals surface area contributed by atoms with E-state index in [1.165, 1.54) is 23.5 Å². The first-order valence-corrected chi connectivity index (χ1v) is 15.0. The number of piperidine rings is 1. The minimum absolute atomic E-state index is 0.201. The summed E-state index contributed by atoms with van der Waals surface area (Å²) in [5.74, 6) is 0.748. The van der Waals surface area contributed by atoms with Crippen LogP contribution in [-0.2, 0) is 16.6 Å². The molecule has 38 heavy (non-hydrogen) atoms. The van der Waals surface area contributed by atoms with E-state index in [1.807, 2.05) is 37.4 Å². The lowest BCUT2D eigenvalue weighted by Gasteiger charge is -2.30. The van der Waals surface area contributed by atoms with Crippen LogP contribution in [0.15, 0.2) is 65.8 Å². The number of para-hydroxylation sites is 1. The second-order valence-electron chi connectivity index (χ2n) is 9.39. The zero-order valence-corrected chi connectivity index (χ0v) is 23.1. The Hall–Kier alpha value is -3.28. The minimum Gasteiger partial charge on any atom is -0.492 e. The Morgan fingerprint density at radius 1 is 1.18 bits per heavy atom. The van der Waals surface area contributed by atoms with E-state index in [0.717, 1.165) is 17.5 Å². The number of benzene rings is 2. The molecule has 1 saturated heterocycles. The van der Waals surface area contributed by atoms with Crippen molar-refractivity contribution >= 4 is 42.6 Å². The van der Waals surface area contributed by atoms with Crippen molar-refractivity contribution in [1.29, 1.82) is 0 Å². The van der Waals surface area contributed by atoms with Gasteiger partial charge in [-0.1, -0.05) is 24.3 Å². The molecule has 4 aromatic rings. The van der Waals surface area contributed by atoms with Gasteiger partial charge in [-0.05, 0) is 68.1 Å². The van der Waals surface area contributed by atoms with Crippen molar-refractivity contribution in [2.45, 2.75) is 38.1 Å². The van der Waals surface area contributed by atoms with Crippen molar-refractivity contribution in [1.82, 2.24) is 19.1 Å². The molecule has 0 aliphatic carbocycles. The first-order valence-electron chi connectivity index (χ1n) is 12.8. The Morgan fingerprint density at radius 3 is 2.71 bits per heavy atom. The van der Waals surface area contributed by atoms with Gasteiger partial charge < -0.3 is 4.74 Å². The van der Waals surface area contributed by atoms with E-state index in [0.29, 0.717) is 60.7 Å². The van der Waals surface area contributed by atoms with Crippen LogP contribution in [0.25, 0.3) is 10.2 Å². The molecule has 1 unspecified atom stereocenters. The maximum Gasteiger partial charge on any atom is 0.260 e. The van der Waals surface area contributed by atoms with Crippen molar-refractivity contribution < 1.29 is 17.9 Å². The molecule has 0 bridgehead atoms. The zero-order valence-electron chi connectivity index (χ0n) is 21.5. The Labute approximate surface area is 226 Å². The highest BCUT2D eigenvalue weighted by molar-refractivity contribution is 7.89. The fraction of sp³-hybridized carbons (Fsp3) is 0.370. The van der Waals surface area contributed by atoms with Gasteiger partial charge in [-0.3, -0.25) is 14.4 Å². The summed E-state index contributed by atoms with van der Waals surface area (Å²) >= 11 is 1.41. The molecule has 11 heteroatoms. The highest BCUT2D eigenvalue weighted by Crippen LogP contribution is 2.35. The molecule has 0 spiro atoms. The van der Waals surface area contributed by atoms with Crippen molar-refractivity contribution in [3.05, 3.63) is 66.5 Å². The third kappa shape index (κ3) is 5.45. The van der Waals surface area contributed by atoms with Gasteiger partial charge in [0.1, 0.15) is 11.3 Å². The quantitative estimate of drug-likeness (QED) is 0.299. The molecule has 3 heterocycles. The van der Waals surface area contributed by atoms with Gasteiger partial charge in [0, 0.05) is 37.6 Å². The maximum absolute atomic E-state index is 13.8. The fourth-order valence-corrected chi connectivity index (χ4v) is 7.26. The molecule has 9 nitrogen and oxygen atoms in total. The number of aromatic nitrogens is 3. The standard InChI is InChI=1S/C27H31N5O4S2/c1-3-36-23-8-4-9-24-25(23)29-27(37-24)32(18-17-30-15-6-14-28-30)26(33)21-10-12-22(13-11-21)38(34,35)31-16-5-7-20(2)19-31/h4,6,8-15,20H,3,5,7,16-19H2,1-2H3. The number of anilines is 1. The van der Waals surface area contributed by atoms with Gasteiger partial charge in [-0.25, -0.2) is 13.4 Å². The minimum atomic E-state index is -3.60. The summed E-state index contributed by atoms with van der Waals surface area (Å²) in [6, 6.07) is 13.8. The molecule has 1 amide bonds. The van der Waals surface area contributed by atoms with Crippen LogP contribution in [0.2, 0.25) is 0 Å². The number of sulfonamides is 1. The van der Waals surface area contributed by atoms with Gasteiger partial charge in [0.25, 0.3) is 5.91 Å². The third-order valence-electron chi connectivity index (χ3n) is 6.62. The summed E-state index contributed by atoms with van der Waals surface area (Å²) in [5, 5.41) is 4.80. The molecule has 0 radical (unpaired) electrons. The van der Waals surface area contributed by atoms with Crippen molar-refractivity contribution in [2.24, 2.45) is 5.92 Å². The summed E-state index contributed by atoms with van der Waals surface area (Å²) in [6.07, 6.45) is 5.43. The summed E-state index contributed by atoms with van der Waals surface area (Å²) in [7, 11) is -3.60. The summed E-state index contributed by atoms with van der Waals surface area (Å²) < 4.78 is 36.3. The number of hydrogen-bond acceptors (Lipinski definition) is 7. The molecular formula is C27H31N5O4S2. The summed E-state index contributed by atoms with van der Waals surface area (Å²) in [5.41, 5.74) is 1.10. The van der Waals surface area contributed by atoms with Crippen LogP contribution in [0.3, 0.4) is 0 Å². The normalized spacial score (nSPS) is 16.5. The zero-order chi connectivity index (χ0) is 26.7. The lowest BCUT2D eigenvalue weighted by atomic mass is 10.0. The van der Waals surface area contributed by atoms with Crippen molar-refractivity contribution in [3.63, 3.8) is 0 Å². The Kier molecular flexibility index (Phi) is 7.78. The number of thiazole rings is 1. The maximum atomic E-state index is 13.8. The van der Waals surface area contributed by atoms with Gasteiger partial charge >= 0.3 is 0 Å². The van der Waals surface area contributed by atoms with E-state index in [1.54, 1.807) is 32.2 Å². The highest BCUT2D eigenvalue weighted by Gasteiger charge is 2.29. The van der Waals surface area contributed by atoms with Crippen LogP contribution < -0.4 is 9.64 Å². The molecule has 1 aliphatic heterocycles. The first-order chi connectivity index (χ1) is 18.4. The Balaban J connectivity index is 1.44. The Morgan fingerprint density at radius 2 is 2.00 bits per heavy atom. The van der Waals surface area contributed by atoms with Gasteiger partial charge in [-0.2, -0.15) is 9.40 Å². The number of hydrogen-bond donors (Lipinski definition) is 0. The number of fused-ring (bicyclic) bond motifs is 1. The number of carbonyl (C=O) groups excluding carboxylic acids is 1. The van der Waals surface area contributed by atoms with E-state index < -0.39 is 10.0 Å². The third-order valence-corrected chi connectivity index (χ3v) is 9.54. The van der Waals surface area contributed by atoms with Crippen molar-refractivity contribution in [2.75, 3.05) is 31.1 Å². The highest BCUT2D eigenvalue weighted by atomic mass is 32.2. The van der Waals surface area contributed by atoms with Gasteiger partial charge in [0.15, 0.2) is 5.13 Å². The molecule has 0 N–H and O–H groups in total. The van der Waals surface area contributed by atoms with Crippen LogP contribution in [0.5, 0.6) is 5.75 Å². The monoisotopic (exact) mass is 553 g/mol. The number of amides is 1. The van der Waals surface area contributed by atoms with Crippen LogP contribution in [0.4, 0.5) is 5.13 Å². The predicted molar refractivity (Wildman–Crippen MR) is 148 cm³/mol. The molecule has 200 valence electrons. The second kappa shape index (κ2) is 11.2. The number of nitrogens with zero attached hydrogens (tertiary/aromatic N) is 5. The molecule has 2 aromatic carbocycles. The largest absolute Gasteiger partial charge is 0.492 e. The molecular weight excluding hydrogens is 522 g/mol. The molecule has 1 fully saturated rings. The van der Waals surface area contributed by atoms with E-state index in [-0.39, 0.29) is 10.8 Å². The number of ether oxygens (including phenoxy) is 1. The number of carbonyl (C=O) groups is 1. The molecule has 1 atom stereocenters. The average Bonchev–Trinajstić information content (AvgIpc) is 3.60. The van der Waals surface area contributed by atoms with E-state index in [4.69, 9.17) is 9.72 Å². The molecule has 1 aliphatic rings. The molecule has 2 aromatic heterocycles.